The summed E-state index contributed by atoms with van der Waals surface area (Å²) in [4.78, 5) is 12.5. The van der Waals surface area contributed by atoms with Crippen molar-refractivity contribution in [1.82, 2.24) is 0 Å². The Bertz CT molecular complexity index is 659. The topological polar surface area (TPSA) is 29.1 Å². The molecule has 1 fully saturated rings. The molecule has 0 aromatic heterocycles. The maximum absolute atomic E-state index is 12.5. The zero-order chi connectivity index (χ0) is 14.2. The Morgan fingerprint density at radius 1 is 1.10 bits per heavy atom. The first kappa shape index (κ1) is 13.6. The maximum atomic E-state index is 12.5. The summed E-state index contributed by atoms with van der Waals surface area (Å²) in [6.07, 6.45) is 4.30. The molecular weight excluding hydrogens is 314 g/mol. The third-order valence-corrected chi connectivity index (χ3v) is 5.07. The van der Waals surface area contributed by atoms with Gasteiger partial charge in [-0.25, -0.2) is 0 Å². The van der Waals surface area contributed by atoms with Gasteiger partial charge in [-0.2, -0.15) is 0 Å². The van der Waals surface area contributed by atoms with Crippen molar-refractivity contribution in [3.8, 4) is 0 Å². The number of amides is 1. The number of nitrogens with one attached hydrogen (secondary N) is 1. The molecule has 0 saturated heterocycles. The van der Waals surface area contributed by atoms with E-state index < -0.39 is 0 Å². The highest BCUT2D eigenvalue weighted by Crippen LogP contribution is 2.39. The molecule has 1 aliphatic carbocycles. The summed E-state index contributed by atoms with van der Waals surface area (Å²) in [7, 11) is 0. The van der Waals surface area contributed by atoms with Crippen LogP contribution in [0.4, 0.5) is 5.69 Å². The molecule has 2 nitrogen and oxygen atoms in total. The second-order valence-electron chi connectivity index (χ2n) is 5.86. The SMILES string of the molecule is CC1(C(=O)Nc2ccc(Br)c3ccccc23)CCCC1. The number of benzene rings is 2. The minimum Gasteiger partial charge on any atom is -0.325 e. The molecule has 2 aromatic rings. The third-order valence-electron chi connectivity index (χ3n) is 4.37. The highest BCUT2D eigenvalue weighted by molar-refractivity contribution is 9.10. The predicted molar refractivity (Wildman–Crippen MR) is 86.9 cm³/mol. The maximum Gasteiger partial charge on any atom is 0.230 e. The molecule has 0 bridgehead atoms. The molecule has 0 aliphatic heterocycles. The zero-order valence-corrected chi connectivity index (χ0v) is 13.2. The lowest BCUT2D eigenvalue weighted by molar-refractivity contribution is -0.124. The molecule has 0 atom stereocenters. The number of hydrogen-bond acceptors (Lipinski definition) is 1. The molecule has 0 unspecified atom stereocenters. The van der Waals surface area contributed by atoms with E-state index in [0.717, 1.165) is 46.6 Å². The van der Waals surface area contributed by atoms with Crippen LogP contribution in [-0.4, -0.2) is 5.91 Å². The van der Waals surface area contributed by atoms with Crippen LogP contribution < -0.4 is 5.32 Å². The van der Waals surface area contributed by atoms with Crippen molar-refractivity contribution in [3.05, 3.63) is 40.9 Å². The molecule has 2 aromatic carbocycles. The minimum absolute atomic E-state index is 0.155. The molecule has 0 radical (unpaired) electrons. The van der Waals surface area contributed by atoms with E-state index >= 15 is 0 Å². The van der Waals surface area contributed by atoms with Gasteiger partial charge < -0.3 is 5.32 Å². The van der Waals surface area contributed by atoms with Crippen molar-refractivity contribution in [2.24, 2.45) is 5.41 Å². The van der Waals surface area contributed by atoms with Gasteiger partial charge in [-0.3, -0.25) is 4.79 Å². The van der Waals surface area contributed by atoms with Crippen LogP contribution >= 0.6 is 15.9 Å². The van der Waals surface area contributed by atoms with Crippen molar-refractivity contribution < 1.29 is 4.79 Å². The molecular formula is C17H18BrNO. The van der Waals surface area contributed by atoms with Crippen LogP contribution in [0.15, 0.2) is 40.9 Å². The molecule has 3 heteroatoms. The monoisotopic (exact) mass is 331 g/mol. The fourth-order valence-corrected chi connectivity index (χ4v) is 3.50. The summed E-state index contributed by atoms with van der Waals surface area (Å²) in [5, 5.41) is 5.34. The number of hydrogen-bond donors (Lipinski definition) is 1. The van der Waals surface area contributed by atoms with Crippen LogP contribution in [0.5, 0.6) is 0 Å². The van der Waals surface area contributed by atoms with Gasteiger partial charge in [0.2, 0.25) is 5.91 Å². The molecule has 20 heavy (non-hydrogen) atoms. The number of carbonyl (C=O) groups excluding carboxylic acids is 1. The number of halogens is 1. The second-order valence-corrected chi connectivity index (χ2v) is 6.72. The Morgan fingerprint density at radius 3 is 2.45 bits per heavy atom. The molecule has 1 amide bonds. The highest BCUT2D eigenvalue weighted by Gasteiger charge is 2.36. The van der Waals surface area contributed by atoms with Gasteiger partial charge in [0.05, 0.1) is 0 Å². The highest BCUT2D eigenvalue weighted by atomic mass is 79.9. The lowest BCUT2D eigenvalue weighted by Crippen LogP contribution is -2.30. The Kier molecular flexibility index (Phi) is 3.55. The first-order valence-electron chi connectivity index (χ1n) is 7.09. The molecule has 104 valence electrons. The van der Waals surface area contributed by atoms with Crippen molar-refractivity contribution in [2.45, 2.75) is 32.6 Å². The fraction of sp³-hybridized carbons (Fsp3) is 0.353. The van der Waals surface area contributed by atoms with Crippen LogP contribution in [0.1, 0.15) is 32.6 Å². The van der Waals surface area contributed by atoms with Crippen LogP contribution in [0.25, 0.3) is 10.8 Å². The van der Waals surface area contributed by atoms with Crippen LogP contribution in [0.3, 0.4) is 0 Å². The van der Waals surface area contributed by atoms with Gasteiger partial charge in [0, 0.05) is 21.0 Å². The quantitative estimate of drug-likeness (QED) is 0.812. The standard InChI is InChI=1S/C17H18BrNO/c1-17(10-4-5-11-17)16(20)19-15-9-8-14(18)12-6-2-3-7-13(12)15/h2-3,6-9H,4-5,10-11H2,1H3,(H,19,20). The van der Waals surface area contributed by atoms with Gasteiger partial charge in [-0.05, 0) is 30.4 Å². The minimum atomic E-state index is -0.200. The van der Waals surface area contributed by atoms with Gasteiger partial charge in [-0.1, -0.05) is 60.0 Å². The van der Waals surface area contributed by atoms with Gasteiger partial charge in [-0.15, -0.1) is 0 Å². The number of carbonyl (C=O) groups is 1. The van der Waals surface area contributed by atoms with Crippen molar-refractivity contribution in [1.29, 1.82) is 0 Å². The molecule has 0 spiro atoms. The molecule has 1 saturated carbocycles. The lowest BCUT2D eigenvalue weighted by Gasteiger charge is -2.23. The van der Waals surface area contributed by atoms with Gasteiger partial charge in [0.25, 0.3) is 0 Å². The zero-order valence-electron chi connectivity index (χ0n) is 11.6. The molecule has 0 heterocycles. The average molecular weight is 332 g/mol. The summed E-state index contributed by atoms with van der Waals surface area (Å²) in [5.74, 6) is 0.155. The van der Waals surface area contributed by atoms with E-state index in [1.165, 1.54) is 0 Å². The normalized spacial score (nSPS) is 17.3. The van der Waals surface area contributed by atoms with Gasteiger partial charge >= 0.3 is 0 Å². The van der Waals surface area contributed by atoms with E-state index in [1.54, 1.807) is 0 Å². The first-order valence-corrected chi connectivity index (χ1v) is 7.88. The number of rotatable bonds is 2. The Morgan fingerprint density at radius 2 is 1.75 bits per heavy atom. The van der Waals surface area contributed by atoms with Crippen molar-refractivity contribution >= 4 is 38.3 Å². The Labute approximate surface area is 127 Å². The van der Waals surface area contributed by atoms with Crippen LogP contribution in [0, 0.1) is 5.41 Å². The lowest BCUT2D eigenvalue weighted by atomic mass is 9.87. The van der Waals surface area contributed by atoms with E-state index in [1.807, 2.05) is 30.3 Å². The largest absolute Gasteiger partial charge is 0.325 e. The smallest absolute Gasteiger partial charge is 0.230 e. The average Bonchev–Trinajstić information content (AvgIpc) is 2.90. The van der Waals surface area contributed by atoms with Crippen LogP contribution in [0.2, 0.25) is 0 Å². The van der Waals surface area contributed by atoms with E-state index in [0.29, 0.717) is 0 Å². The molecule has 3 rings (SSSR count). The number of anilines is 1. The van der Waals surface area contributed by atoms with Gasteiger partial charge in [0.15, 0.2) is 0 Å². The first-order chi connectivity index (χ1) is 9.60. The second kappa shape index (κ2) is 5.21. The van der Waals surface area contributed by atoms with E-state index in [4.69, 9.17) is 0 Å². The Balaban J connectivity index is 1.95. The van der Waals surface area contributed by atoms with E-state index in [2.05, 4.69) is 34.2 Å². The molecule has 1 N–H and O–H groups in total. The van der Waals surface area contributed by atoms with Crippen LogP contribution in [-0.2, 0) is 4.79 Å². The van der Waals surface area contributed by atoms with Crippen molar-refractivity contribution in [2.75, 3.05) is 5.32 Å². The summed E-state index contributed by atoms with van der Waals surface area (Å²) in [5.41, 5.74) is 0.704. The summed E-state index contributed by atoms with van der Waals surface area (Å²) >= 11 is 3.56. The fourth-order valence-electron chi connectivity index (χ4n) is 3.03. The summed E-state index contributed by atoms with van der Waals surface area (Å²) in [6, 6.07) is 12.1. The summed E-state index contributed by atoms with van der Waals surface area (Å²) < 4.78 is 1.05. The van der Waals surface area contributed by atoms with E-state index in [-0.39, 0.29) is 11.3 Å². The predicted octanol–water partition coefficient (Wildman–Crippen LogP) is 5.12. The van der Waals surface area contributed by atoms with Crippen molar-refractivity contribution in [3.63, 3.8) is 0 Å². The number of fused-ring (bicyclic) bond motifs is 1. The Hall–Kier alpha value is -1.35. The van der Waals surface area contributed by atoms with Gasteiger partial charge in [0.1, 0.15) is 0 Å². The molecule has 1 aliphatic rings. The summed E-state index contributed by atoms with van der Waals surface area (Å²) in [6.45, 7) is 2.08. The third kappa shape index (κ3) is 2.35. The van der Waals surface area contributed by atoms with E-state index in [9.17, 15) is 4.79 Å².